The van der Waals surface area contributed by atoms with E-state index in [1.165, 1.54) is 11.3 Å². The Morgan fingerprint density at radius 1 is 1.56 bits per heavy atom. The number of thioether (sulfide) groups is 1. The van der Waals surface area contributed by atoms with E-state index in [9.17, 15) is 8.42 Å². The molecular weight excluding hydrogens is 354 g/mol. The molecule has 0 saturated carbocycles. The Balaban J connectivity index is 2.67. The molecule has 0 aliphatic heterocycles. The summed E-state index contributed by atoms with van der Waals surface area (Å²) in [6, 6.07) is 1.63. The SMILES string of the molecule is CCSCCC(C)NS(=O)(=O)c1cc(Br)sc1C. The second-order valence-corrected chi connectivity index (χ2v) is 9.69. The lowest BCUT2D eigenvalue weighted by Crippen LogP contribution is -2.33. The quantitative estimate of drug-likeness (QED) is 0.744. The summed E-state index contributed by atoms with van der Waals surface area (Å²) in [5.41, 5.74) is 0. The zero-order valence-electron chi connectivity index (χ0n) is 10.7. The van der Waals surface area contributed by atoms with Gasteiger partial charge in [-0.05, 0) is 53.8 Å². The zero-order chi connectivity index (χ0) is 13.8. The molecular formula is C11H18BrNO2S3. The van der Waals surface area contributed by atoms with E-state index in [0.29, 0.717) is 4.90 Å². The third kappa shape index (κ3) is 4.85. The predicted octanol–water partition coefficient (Wildman–Crippen LogP) is 3.63. The maximum absolute atomic E-state index is 12.2. The van der Waals surface area contributed by atoms with Crippen LogP contribution in [0.4, 0.5) is 0 Å². The summed E-state index contributed by atoms with van der Waals surface area (Å²) in [6.07, 6.45) is 0.849. The molecule has 0 radical (unpaired) electrons. The van der Waals surface area contributed by atoms with Gasteiger partial charge in [0.25, 0.3) is 0 Å². The molecule has 0 fully saturated rings. The van der Waals surface area contributed by atoms with Crippen LogP contribution in [0.5, 0.6) is 0 Å². The molecule has 7 heteroatoms. The van der Waals surface area contributed by atoms with E-state index in [4.69, 9.17) is 0 Å². The summed E-state index contributed by atoms with van der Waals surface area (Å²) in [6.45, 7) is 5.83. The van der Waals surface area contributed by atoms with Crippen LogP contribution in [0.3, 0.4) is 0 Å². The van der Waals surface area contributed by atoms with Gasteiger partial charge in [-0.3, -0.25) is 0 Å². The lowest BCUT2D eigenvalue weighted by Gasteiger charge is -2.13. The molecule has 1 aromatic rings. The van der Waals surface area contributed by atoms with Gasteiger partial charge in [-0.15, -0.1) is 11.3 Å². The van der Waals surface area contributed by atoms with E-state index >= 15 is 0 Å². The monoisotopic (exact) mass is 371 g/mol. The van der Waals surface area contributed by atoms with E-state index in [1.807, 2.05) is 25.6 Å². The van der Waals surface area contributed by atoms with E-state index < -0.39 is 10.0 Å². The first kappa shape index (κ1) is 16.5. The molecule has 0 amide bonds. The standard InChI is InChI=1S/C11H18BrNO2S3/c1-4-16-6-5-8(2)13-18(14,15)10-7-11(12)17-9(10)3/h7-8,13H,4-6H2,1-3H3. The molecule has 1 unspecified atom stereocenters. The lowest BCUT2D eigenvalue weighted by molar-refractivity contribution is 0.557. The first-order valence-electron chi connectivity index (χ1n) is 5.72. The van der Waals surface area contributed by atoms with Gasteiger partial charge >= 0.3 is 0 Å². The van der Waals surface area contributed by atoms with Gasteiger partial charge in [0.15, 0.2) is 0 Å². The summed E-state index contributed by atoms with van der Waals surface area (Å²) in [5, 5.41) is 0. The molecule has 104 valence electrons. The Labute approximate surface area is 126 Å². The highest BCUT2D eigenvalue weighted by molar-refractivity contribution is 9.11. The summed E-state index contributed by atoms with van der Waals surface area (Å²) in [4.78, 5) is 1.19. The van der Waals surface area contributed by atoms with Crippen molar-refractivity contribution in [3.63, 3.8) is 0 Å². The molecule has 1 heterocycles. The Kier molecular flexibility index (Phi) is 6.67. The van der Waals surface area contributed by atoms with Crippen molar-refractivity contribution in [1.82, 2.24) is 4.72 Å². The minimum atomic E-state index is -3.39. The van der Waals surface area contributed by atoms with Gasteiger partial charge in [0.05, 0.1) is 8.68 Å². The fraction of sp³-hybridized carbons (Fsp3) is 0.636. The highest BCUT2D eigenvalue weighted by Gasteiger charge is 2.21. The number of aryl methyl sites for hydroxylation is 1. The maximum Gasteiger partial charge on any atom is 0.241 e. The van der Waals surface area contributed by atoms with Crippen LogP contribution in [0, 0.1) is 6.92 Å². The minimum Gasteiger partial charge on any atom is -0.208 e. The van der Waals surface area contributed by atoms with E-state index in [1.54, 1.807) is 6.07 Å². The molecule has 1 N–H and O–H groups in total. The number of thiophene rings is 1. The van der Waals surface area contributed by atoms with Gasteiger partial charge in [-0.1, -0.05) is 6.92 Å². The molecule has 1 atom stereocenters. The fourth-order valence-electron chi connectivity index (χ4n) is 1.49. The number of rotatable bonds is 7. The summed E-state index contributed by atoms with van der Waals surface area (Å²) >= 11 is 6.58. The van der Waals surface area contributed by atoms with Crippen molar-refractivity contribution >= 4 is 49.1 Å². The number of hydrogen-bond donors (Lipinski definition) is 1. The number of nitrogens with one attached hydrogen (secondary N) is 1. The van der Waals surface area contributed by atoms with Crippen LogP contribution in [0.2, 0.25) is 0 Å². The summed E-state index contributed by atoms with van der Waals surface area (Å²) in [5.74, 6) is 2.04. The third-order valence-corrected chi connectivity index (χ3v) is 6.72. The maximum atomic E-state index is 12.2. The lowest BCUT2D eigenvalue weighted by atomic mass is 10.3. The van der Waals surface area contributed by atoms with Crippen LogP contribution in [0.25, 0.3) is 0 Å². The third-order valence-electron chi connectivity index (χ3n) is 2.39. The van der Waals surface area contributed by atoms with Crippen molar-refractivity contribution in [3.05, 3.63) is 14.7 Å². The largest absolute Gasteiger partial charge is 0.241 e. The Hall–Kier alpha value is 0.440. The number of hydrogen-bond acceptors (Lipinski definition) is 4. The topological polar surface area (TPSA) is 46.2 Å². The smallest absolute Gasteiger partial charge is 0.208 e. The zero-order valence-corrected chi connectivity index (χ0v) is 14.7. The molecule has 1 aromatic heterocycles. The second kappa shape index (κ2) is 7.28. The average Bonchev–Trinajstić information content (AvgIpc) is 2.58. The van der Waals surface area contributed by atoms with Crippen LogP contribution in [-0.2, 0) is 10.0 Å². The molecule has 1 rings (SSSR count). The molecule has 0 aromatic carbocycles. The first-order valence-corrected chi connectivity index (χ1v) is 9.97. The second-order valence-electron chi connectivity index (χ2n) is 3.98. The number of sulfonamides is 1. The van der Waals surface area contributed by atoms with Crippen molar-refractivity contribution in [2.45, 2.75) is 38.1 Å². The molecule has 18 heavy (non-hydrogen) atoms. The van der Waals surface area contributed by atoms with Crippen LogP contribution in [0.1, 0.15) is 25.1 Å². The van der Waals surface area contributed by atoms with Crippen molar-refractivity contribution in [2.75, 3.05) is 11.5 Å². The van der Waals surface area contributed by atoms with Gasteiger partial charge < -0.3 is 0 Å². The van der Waals surface area contributed by atoms with Gasteiger partial charge in [-0.25, -0.2) is 13.1 Å². The van der Waals surface area contributed by atoms with Crippen molar-refractivity contribution in [2.24, 2.45) is 0 Å². The molecule has 0 aliphatic carbocycles. The van der Waals surface area contributed by atoms with Gasteiger partial charge in [0.2, 0.25) is 10.0 Å². The van der Waals surface area contributed by atoms with E-state index in [0.717, 1.165) is 26.6 Å². The van der Waals surface area contributed by atoms with Crippen LogP contribution in [0.15, 0.2) is 14.7 Å². The van der Waals surface area contributed by atoms with Crippen LogP contribution >= 0.6 is 39.0 Å². The minimum absolute atomic E-state index is 0.0351. The van der Waals surface area contributed by atoms with E-state index in [-0.39, 0.29) is 6.04 Å². The van der Waals surface area contributed by atoms with Gasteiger partial charge in [0, 0.05) is 10.9 Å². The Morgan fingerprint density at radius 3 is 2.72 bits per heavy atom. The number of halogens is 1. The van der Waals surface area contributed by atoms with Gasteiger partial charge in [0.1, 0.15) is 0 Å². The molecule has 0 spiro atoms. The fourth-order valence-corrected chi connectivity index (χ4v) is 5.99. The Morgan fingerprint density at radius 2 is 2.22 bits per heavy atom. The van der Waals surface area contributed by atoms with Crippen LogP contribution < -0.4 is 4.72 Å². The molecule has 0 saturated heterocycles. The highest BCUT2D eigenvalue weighted by Crippen LogP contribution is 2.29. The molecule has 3 nitrogen and oxygen atoms in total. The highest BCUT2D eigenvalue weighted by atomic mass is 79.9. The predicted molar refractivity (Wildman–Crippen MR) is 84.2 cm³/mol. The average molecular weight is 372 g/mol. The van der Waals surface area contributed by atoms with Crippen molar-refractivity contribution in [1.29, 1.82) is 0 Å². The van der Waals surface area contributed by atoms with Crippen LogP contribution in [-0.4, -0.2) is 26.0 Å². The molecule has 0 aliphatic rings. The normalized spacial score (nSPS) is 13.8. The summed E-state index contributed by atoms with van der Waals surface area (Å²) < 4.78 is 27.9. The Bertz CT molecular complexity index is 484. The van der Waals surface area contributed by atoms with E-state index in [2.05, 4.69) is 27.6 Å². The molecule has 0 bridgehead atoms. The first-order chi connectivity index (χ1) is 8.36. The summed E-state index contributed by atoms with van der Waals surface area (Å²) in [7, 11) is -3.39. The van der Waals surface area contributed by atoms with Crippen molar-refractivity contribution in [3.8, 4) is 0 Å². The van der Waals surface area contributed by atoms with Gasteiger partial charge in [-0.2, -0.15) is 11.8 Å². The van der Waals surface area contributed by atoms with Crippen molar-refractivity contribution < 1.29 is 8.42 Å².